The molecule has 0 spiro atoms. The zero-order chi connectivity index (χ0) is 21.1. The molecule has 0 bridgehead atoms. The molecule has 0 aliphatic heterocycles. The minimum atomic E-state index is -0.929. The van der Waals surface area contributed by atoms with E-state index in [2.05, 4.69) is 10.3 Å². The number of Topliss-reactive ketones (excluding diaryl/α,β-unsaturated/α-hetero) is 1. The molecule has 7 heteroatoms. The predicted molar refractivity (Wildman–Crippen MR) is 117 cm³/mol. The average Bonchev–Trinajstić information content (AvgIpc) is 2.74. The number of nitrogens with one attached hydrogen (secondary N) is 2. The van der Waals surface area contributed by atoms with Gasteiger partial charge in [0.1, 0.15) is 5.56 Å². The fourth-order valence-corrected chi connectivity index (χ4v) is 5.89. The fourth-order valence-electron chi connectivity index (χ4n) is 4.29. The fraction of sp³-hybridized carbons (Fsp3) is 0.435. The molecule has 4 rings (SSSR count). The van der Waals surface area contributed by atoms with Crippen LogP contribution >= 0.6 is 0 Å². The summed E-state index contributed by atoms with van der Waals surface area (Å²) in [6.07, 6.45) is 7.32. The van der Waals surface area contributed by atoms with Crippen molar-refractivity contribution in [1.82, 2.24) is 4.98 Å². The van der Waals surface area contributed by atoms with Crippen LogP contribution in [-0.4, -0.2) is 26.1 Å². The van der Waals surface area contributed by atoms with E-state index in [1.54, 1.807) is 12.1 Å². The number of rotatable bonds is 5. The SMILES string of the molecule is O=C1CCCc2[nH]c(=O)c(C(=O)Nc3cccc(CS(=O)C4CCCCC4)c3)cc21. The topological polar surface area (TPSA) is 96.1 Å². The van der Waals surface area contributed by atoms with Crippen LogP contribution in [0.1, 0.15) is 76.9 Å². The monoisotopic (exact) mass is 426 g/mol. The number of carbonyl (C=O) groups excluding carboxylic acids is 2. The molecule has 1 amide bonds. The lowest BCUT2D eigenvalue weighted by atomic mass is 9.93. The van der Waals surface area contributed by atoms with Gasteiger partial charge in [0.05, 0.1) is 0 Å². The third kappa shape index (κ3) is 4.61. The number of anilines is 1. The highest BCUT2D eigenvalue weighted by Crippen LogP contribution is 2.24. The zero-order valence-corrected chi connectivity index (χ0v) is 17.7. The molecule has 1 fully saturated rings. The first-order valence-corrected chi connectivity index (χ1v) is 12.0. The van der Waals surface area contributed by atoms with E-state index in [9.17, 15) is 18.6 Å². The Balaban J connectivity index is 1.48. The number of pyridine rings is 1. The van der Waals surface area contributed by atoms with Crippen LogP contribution in [0.4, 0.5) is 5.69 Å². The van der Waals surface area contributed by atoms with Crippen molar-refractivity contribution in [3.63, 3.8) is 0 Å². The molecule has 1 heterocycles. The van der Waals surface area contributed by atoms with Gasteiger partial charge in [0.2, 0.25) is 0 Å². The van der Waals surface area contributed by atoms with Gasteiger partial charge in [-0.1, -0.05) is 31.4 Å². The smallest absolute Gasteiger partial charge is 0.261 e. The van der Waals surface area contributed by atoms with Crippen molar-refractivity contribution in [3.8, 4) is 0 Å². The van der Waals surface area contributed by atoms with Crippen molar-refractivity contribution in [2.75, 3.05) is 5.32 Å². The summed E-state index contributed by atoms with van der Waals surface area (Å²) in [5, 5.41) is 3.00. The minimum Gasteiger partial charge on any atom is -0.325 e. The Kier molecular flexibility index (Phi) is 6.27. The largest absolute Gasteiger partial charge is 0.325 e. The van der Waals surface area contributed by atoms with Gasteiger partial charge in [-0.3, -0.25) is 18.6 Å². The lowest BCUT2D eigenvalue weighted by Crippen LogP contribution is -2.27. The van der Waals surface area contributed by atoms with Gasteiger partial charge in [0, 0.05) is 45.2 Å². The molecule has 30 heavy (non-hydrogen) atoms. The van der Waals surface area contributed by atoms with Crippen LogP contribution in [0.5, 0.6) is 0 Å². The van der Waals surface area contributed by atoms with E-state index in [1.807, 2.05) is 12.1 Å². The second kappa shape index (κ2) is 9.08. The van der Waals surface area contributed by atoms with Crippen LogP contribution < -0.4 is 10.9 Å². The number of aromatic nitrogens is 1. The van der Waals surface area contributed by atoms with E-state index in [0.717, 1.165) is 31.2 Å². The van der Waals surface area contributed by atoms with Crippen molar-refractivity contribution in [3.05, 3.63) is 63.1 Å². The van der Waals surface area contributed by atoms with Crippen molar-refractivity contribution in [2.24, 2.45) is 0 Å². The van der Waals surface area contributed by atoms with Crippen molar-refractivity contribution in [1.29, 1.82) is 0 Å². The molecule has 1 atom stereocenters. The molecule has 0 saturated heterocycles. The van der Waals surface area contributed by atoms with Gasteiger partial charge in [0.25, 0.3) is 11.5 Å². The second-order valence-electron chi connectivity index (χ2n) is 8.12. The van der Waals surface area contributed by atoms with E-state index < -0.39 is 22.3 Å². The average molecular weight is 427 g/mol. The Morgan fingerprint density at radius 3 is 2.67 bits per heavy atom. The highest BCUT2D eigenvalue weighted by atomic mass is 32.2. The van der Waals surface area contributed by atoms with Gasteiger partial charge in [0.15, 0.2) is 5.78 Å². The first-order chi connectivity index (χ1) is 14.5. The Morgan fingerprint density at radius 2 is 1.87 bits per heavy atom. The van der Waals surface area contributed by atoms with Crippen molar-refractivity contribution < 1.29 is 13.8 Å². The van der Waals surface area contributed by atoms with Gasteiger partial charge >= 0.3 is 0 Å². The standard InChI is InChI=1S/C23H26N2O4S/c26-21-11-5-10-20-18(21)13-19(23(28)25-20)22(27)24-16-7-4-6-15(12-16)14-30(29)17-8-2-1-3-9-17/h4,6-7,12-13,17H,1-3,5,8-11,14H2,(H,24,27)(H,25,28). The first kappa shape index (κ1) is 20.7. The summed E-state index contributed by atoms with van der Waals surface area (Å²) in [6, 6.07) is 8.66. The van der Waals surface area contributed by atoms with Crippen molar-refractivity contribution >= 4 is 28.2 Å². The van der Waals surface area contributed by atoms with E-state index >= 15 is 0 Å². The molecule has 2 aromatic rings. The summed E-state index contributed by atoms with van der Waals surface area (Å²) in [5.74, 6) is -0.140. The van der Waals surface area contributed by atoms with Crippen LogP contribution in [0, 0.1) is 0 Å². The lowest BCUT2D eigenvalue weighted by Gasteiger charge is -2.21. The quantitative estimate of drug-likeness (QED) is 0.761. The summed E-state index contributed by atoms with van der Waals surface area (Å²) >= 11 is 0. The Bertz CT molecular complexity index is 1050. The summed E-state index contributed by atoms with van der Waals surface area (Å²) < 4.78 is 12.7. The van der Waals surface area contributed by atoms with Crippen LogP contribution in [0.15, 0.2) is 35.1 Å². The second-order valence-corrected chi connectivity index (χ2v) is 9.84. The first-order valence-electron chi connectivity index (χ1n) is 10.6. The van der Waals surface area contributed by atoms with Gasteiger partial charge in [-0.2, -0.15) is 0 Å². The van der Waals surface area contributed by atoms with E-state index in [1.165, 1.54) is 12.5 Å². The van der Waals surface area contributed by atoms with Crippen LogP contribution in [-0.2, 0) is 23.0 Å². The molecule has 1 saturated carbocycles. The van der Waals surface area contributed by atoms with Gasteiger partial charge in [-0.05, 0) is 49.4 Å². The molecule has 1 aromatic heterocycles. The number of hydrogen-bond donors (Lipinski definition) is 2. The van der Waals surface area contributed by atoms with E-state index in [-0.39, 0.29) is 16.6 Å². The van der Waals surface area contributed by atoms with Crippen LogP contribution in [0.3, 0.4) is 0 Å². The van der Waals surface area contributed by atoms with E-state index in [4.69, 9.17) is 0 Å². The molecule has 1 unspecified atom stereocenters. The Hall–Kier alpha value is -2.54. The lowest BCUT2D eigenvalue weighted by molar-refractivity contribution is 0.0971. The predicted octanol–water partition coefficient (Wildman–Crippen LogP) is 3.73. The number of hydrogen-bond acceptors (Lipinski definition) is 4. The maximum atomic E-state index is 12.7. The maximum absolute atomic E-state index is 12.7. The molecule has 0 radical (unpaired) electrons. The minimum absolute atomic E-state index is 0.0475. The van der Waals surface area contributed by atoms with Gasteiger partial charge in [-0.25, -0.2) is 0 Å². The van der Waals surface area contributed by atoms with Gasteiger partial charge < -0.3 is 10.3 Å². The maximum Gasteiger partial charge on any atom is 0.261 e. The molecular weight excluding hydrogens is 400 g/mol. The number of aryl methyl sites for hydroxylation is 1. The molecular formula is C23H26N2O4S. The summed E-state index contributed by atoms with van der Waals surface area (Å²) in [7, 11) is -0.929. The van der Waals surface area contributed by atoms with Gasteiger partial charge in [-0.15, -0.1) is 0 Å². The number of amides is 1. The number of aromatic amines is 1. The number of fused-ring (bicyclic) bond motifs is 1. The summed E-state index contributed by atoms with van der Waals surface area (Å²) in [6.45, 7) is 0. The molecule has 2 aliphatic rings. The molecule has 6 nitrogen and oxygen atoms in total. The Morgan fingerprint density at radius 1 is 1.07 bits per heavy atom. The van der Waals surface area contributed by atoms with Crippen LogP contribution in [0.25, 0.3) is 0 Å². The van der Waals surface area contributed by atoms with Crippen LogP contribution in [0.2, 0.25) is 0 Å². The Labute approximate surface area is 177 Å². The normalized spacial score (nSPS) is 17.9. The number of H-pyrrole nitrogens is 1. The number of ketones is 1. The number of benzene rings is 1. The third-order valence-corrected chi connectivity index (χ3v) is 7.75. The third-order valence-electron chi connectivity index (χ3n) is 5.92. The highest BCUT2D eigenvalue weighted by molar-refractivity contribution is 7.84. The summed E-state index contributed by atoms with van der Waals surface area (Å²) in [5.41, 5.74) is 1.92. The number of carbonyl (C=O) groups is 2. The van der Waals surface area contributed by atoms with Crippen molar-refractivity contribution in [2.45, 2.75) is 62.4 Å². The molecule has 1 aromatic carbocycles. The molecule has 2 aliphatic carbocycles. The zero-order valence-electron chi connectivity index (χ0n) is 16.9. The highest BCUT2D eigenvalue weighted by Gasteiger charge is 2.23. The summed E-state index contributed by atoms with van der Waals surface area (Å²) in [4.78, 5) is 39.9. The molecule has 158 valence electrons. The molecule has 2 N–H and O–H groups in total. The van der Waals surface area contributed by atoms with E-state index in [0.29, 0.717) is 42.0 Å².